The van der Waals surface area contributed by atoms with E-state index < -0.39 is 0 Å². The summed E-state index contributed by atoms with van der Waals surface area (Å²) in [5.74, 6) is 0. The molecular formula is C13H15N3. The van der Waals surface area contributed by atoms with Gasteiger partial charge in [0, 0.05) is 29.9 Å². The number of rotatable bonds is 2. The molecule has 2 heterocycles. The maximum Gasteiger partial charge on any atom is 0.0703 e. The molecule has 1 aliphatic rings. The van der Waals surface area contributed by atoms with E-state index in [9.17, 15) is 0 Å². The summed E-state index contributed by atoms with van der Waals surface area (Å²) in [5.41, 5.74) is 2.24. The molecule has 2 aromatic rings. The van der Waals surface area contributed by atoms with Gasteiger partial charge in [-0.25, -0.2) is 0 Å². The second-order valence-electron chi connectivity index (χ2n) is 4.24. The molecule has 1 atom stereocenters. The van der Waals surface area contributed by atoms with Crippen LogP contribution in [-0.2, 0) is 0 Å². The first-order valence-corrected chi connectivity index (χ1v) is 5.74. The van der Waals surface area contributed by atoms with Gasteiger partial charge in [-0.15, -0.1) is 0 Å². The van der Waals surface area contributed by atoms with Crippen molar-refractivity contribution < 1.29 is 0 Å². The summed E-state index contributed by atoms with van der Waals surface area (Å²) < 4.78 is 0. The molecule has 1 saturated heterocycles. The average Bonchev–Trinajstić information content (AvgIpc) is 2.82. The predicted molar refractivity (Wildman–Crippen MR) is 66.6 cm³/mol. The molecule has 0 bridgehead atoms. The Bertz CT molecular complexity index is 489. The van der Waals surface area contributed by atoms with Gasteiger partial charge in [0.05, 0.1) is 5.52 Å². The number of hydrogen-bond donors (Lipinski definition) is 2. The Balaban J connectivity index is 1.86. The Morgan fingerprint density at radius 3 is 3.19 bits per heavy atom. The first kappa shape index (κ1) is 9.60. The summed E-state index contributed by atoms with van der Waals surface area (Å²) in [6.07, 6.45) is 3.03. The van der Waals surface area contributed by atoms with Gasteiger partial charge in [-0.05, 0) is 37.2 Å². The maximum absolute atomic E-state index is 4.31. The minimum Gasteiger partial charge on any atom is -0.381 e. The molecule has 1 aliphatic heterocycles. The molecule has 0 saturated carbocycles. The summed E-state index contributed by atoms with van der Waals surface area (Å²) in [5, 5.41) is 8.09. The minimum atomic E-state index is 0.564. The van der Waals surface area contributed by atoms with E-state index in [1.54, 1.807) is 0 Å². The molecule has 3 nitrogen and oxygen atoms in total. The Morgan fingerprint density at radius 2 is 2.31 bits per heavy atom. The largest absolute Gasteiger partial charge is 0.381 e. The van der Waals surface area contributed by atoms with Crippen molar-refractivity contribution in [1.82, 2.24) is 10.3 Å². The van der Waals surface area contributed by atoms with Crippen molar-refractivity contribution in [2.24, 2.45) is 0 Å². The van der Waals surface area contributed by atoms with Crippen LogP contribution in [0, 0.1) is 0 Å². The first-order valence-electron chi connectivity index (χ1n) is 5.74. The van der Waals surface area contributed by atoms with Gasteiger partial charge in [-0.1, -0.05) is 6.07 Å². The third kappa shape index (κ3) is 1.86. The van der Waals surface area contributed by atoms with Crippen LogP contribution in [0.3, 0.4) is 0 Å². The van der Waals surface area contributed by atoms with Gasteiger partial charge < -0.3 is 10.6 Å². The standard InChI is InChI=1S/C13H15N3/c1-2-10-8-11(3-4-13(10)15-6-1)16-12-5-7-14-9-12/h1-4,6,8,12,14,16H,5,7,9H2/t12-/m1/s1. The Kier molecular flexibility index (Phi) is 2.46. The number of fused-ring (bicyclic) bond motifs is 1. The van der Waals surface area contributed by atoms with Crippen molar-refractivity contribution in [2.75, 3.05) is 18.4 Å². The van der Waals surface area contributed by atoms with Gasteiger partial charge in [0.25, 0.3) is 0 Å². The number of hydrogen-bond acceptors (Lipinski definition) is 3. The number of anilines is 1. The normalized spacial score (nSPS) is 20.1. The third-order valence-corrected chi connectivity index (χ3v) is 3.03. The van der Waals surface area contributed by atoms with Crippen molar-refractivity contribution >= 4 is 16.6 Å². The molecule has 0 radical (unpaired) electrons. The SMILES string of the molecule is c1cnc2ccc(N[C@@H]3CCNC3)cc2c1. The molecule has 82 valence electrons. The highest BCUT2D eigenvalue weighted by molar-refractivity contribution is 5.82. The van der Waals surface area contributed by atoms with Crippen LogP contribution in [0.25, 0.3) is 10.9 Å². The number of nitrogens with one attached hydrogen (secondary N) is 2. The fraction of sp³-hybridized carbons (Fsp3) is 0.308. The van der Waals surface area contributed by atoms with Crippen LogP contribution < -0.4 is 10.6 Å². The zero-order valence-electron chi connectivity index (χ0n) is 9.11. The summed E-state index contributed by atoms with van der Waals surface area (Å²) in [7, 11) is 0. The van der Waals surface area contributed by atoms with Crippen LogP contribution in [0.1, 0.15) is 6.42 Å². The number of aromatic nitrogens is 1. The van der Waals surface area contributed by atoms with Crippen LogP contribution in [0.2, 0.25) is 0 Å². The molecule has 3 rings (SSSR count). The van der Waals surface area contributed by atoms with E-state index in [1.807, 2.05) is 12.3 Å². The van der Waals surface area contributed by atoms with Crippen LogP contribution >= 0.6 is 0 Å². The highest BCUT2D eigenvalue weighted by Crippen LogP contribution is 2.18. The van der Waals surface area contributed by atoms with E-state index in [0.29, 0.717) is 6.04 Å². The van der Waals surface area contributed by atoms with Crippen LogP contribution in [0.5, 0.6) is 0 Å². The second kappa shape index (κ2) is 4.10. The van der Waals surface area contributed by atoms with Gasteiger partial charge in [-0.3, -0.25) is 4.98 Å². The van der Waals surface area contributed by atoms with Crippen LogP contribution in [0.4, 0.5) is 5.69 Å². The summed E-state index contributed by atoms with van der Waals surface area (Å²) in [4.78, 5) is 4.31. The van der Waals surface area contributed by atoms with E-state index in [-0.39, 0.29) is 0 Å². The lowest BCUT2D eigenvalue weighted by Crippen LogP contribution is -2.21. The Hall–Kier alpha value is -1.61. The lowest BCUT2D eigenvalue weighted by atomic mass is 10.2. The highest BCUT2D eigenvalue weighted by Gasteiger charge is 2.13. The van der Waals surface area contributed by atoms with Crippen molar-refractivity contribution in [1.29, 1.82) is 0 Å². The maximum atomic E-state index is 4.31. The smallest absolute Gasteiger partial charge is 0.0703 e. The third-order valence-electron chi connectivity index (χ3n) is 3.03. The lowest BCUT2D eigenvalue weighted by Gasteiger charge is -2.13. The van der Waals surface area contributed by atoms with Gasteiger partial charge in [0.1, 0.15) is 0 Å². The van der Waals surface area contributed by atoms with Crippen LogP contribution in [0.15, 0.2) is 36.5 Å². The van der Waals surface area contributed by atoms with E-state index >= 15 is 0 Å². The molecule has 0 amide bonds. The molecule has 16 heavy (non-hydrogen) atoms. The highest BCUT2D eigenvalue weighted by atomic mass is 15.0. The van der Waals surface area contributed by atoms with Crippen LogP contribution in [-0.4, -0.2) is 24.1 Å². The molecule has 0 unspecified atom stereocenters. The van der Waals surface area contributed by atoms with E-state index in [4.69, 9.17) is 0 Å². The van der Waals surface area contributed by atoms with Gasteiger partial charge >= 0.3 is 0 Å². The molecular weight excluding hydrogens is 198 g/mol. The number of benzene rings is 1. The Labute approximate surface area is 94.9 Å². The van der Waals surface area contributed by atoms with Gasteiger partial charge in [0.2, 0.25) is 0 Å². The first-order chi connectivity index (χ1) is 7.92. The topological polar surface area (TPSA) is 37.0 Å². The molecule has 1 aromatic carbocycles. The molecule has 3 heteroatoms. The van der Waals surface area contributed by atoms with E-state index in [2.05, 4.69) is 39.9 Å². The van der Waals surface area contributed by atoms with E-state index in [1.165, 1.54) is 17.5 Å². The molecule has 0 aliphatic carbocycles. The molecule has 1 fully saturated rings. The summed E-state index contributed by atoms with van der Waals surface area (Å²) in [6, 6.07) is 11.0. The summed E-state index contributed by atoms with van der Waals surface area (Å²) >= 11 is 0. The monoisotopic (exact) mass is 213 g/mol. The quantitative estimate of drug-likeness (QED) is 0.801. The fourth-order valence-corrected chi connectivity index (χ4v) is 2.18. The number of nitrogens with zero attached hydrogens (tertiary/aromatic N) is 1. The molecule has 0 spiro atoms. The van der Waals surface area contributed by atoms with Crippen molar-refractivity contribution in [2.45, 2.75) is 12.5 Å². The molecule has 2 N–H and O–H groups in total. The van der Waals surface area contributed by atoms with Crippen molar-refractivity contribution in [3.63, 3.8) is 0 Å². The van der Waals surface area contributed by atoms with Gasteiger partial charge in [-0.2, -0.15) is 0 Å². The van der Waals surface area contributed by atoms with Crippen molar-refractivity contribution in [3.8, 4) is 0 Å². The Morgan fingerprint density at radius 1 is 1.31 bits per heavy atom. The number of pyridine rings is 1. The predicted octanol–water partition coefficient (Wildman–Crippen LogP) is 2.01. The lowest BCUT2D eigenvalue weighted by molar-refractivity contribution is 0.793. The minimum absolute atomic E-state index is 0.564. The zero-order chi connectivity index (χ0) is 10.8. The fourth-order valence-electron chi connectivity index (χ4n) is 2.18. The second-order valence-corrected chi connectivity index (χ2v) is 4.24. The zero-order valence-corrected chi connectivity index (χ0v) is 9.11. The molecule has 1 aromatic heterocycles. The van der Waals surface area contributed by atoms with E-state index in [0.717, 1.165) is 18.6 Å². The summed E-state index contributed by atoms with van der Waals surface area (Å²) in [6.45, 7) is 2.18. The average molecular weight is 213 g/mol. The van der Waals surface area contributed by atoms with Crippen molar-refractivity contribution in [3.05, 3.63) is 36.5 Å². The van der Waals surface area contributed by atoms with Gasteiger partial charge in [0.15, 0.2) is 0 Å².